The number of carbonyl (C=O) groups is 1. The molecule has 2 aliphatic heterocycles. The molecule has 3 aliphatic rings. The van der Waals surface area contributed by atoms with E-state index in [1.54, 1.807) is 6.07 Å². The van der Waals surface area contributed by atoms with Crippen molar-refractivity contribution in [1.29, 1.82) is 5.26 Å². The van der Waals surface area contributed by atoms with Crippen LogP contribution in [0.5, 0.6) is 0 Å². The van der Waals surface area contributed by atoms with Crippen LogP contribution >= 0.6 is 23.5 Å². The molecule has 3 unspecified atom stereocenters. The lowest BCUT2D eigenvalue weighted by Gasteiger charge is -2.49. The standard InChI is InChI=1S/C31H26ClFN6O3S/c1-30-11-10-24(30)39(17-31(30,41)23-15-22(42-37-23)18-7-3-2-4-8-18)43-28-21-9-5-6-12-38(21)27(26(28)32)29(40)36-19-13-20(16-34)35-25(33)14-19/h2-5,7-9,13-15,24,41H,6,10-12,17H2,1H3,(H,35,36,40). The number of aromatic nitrogens is 3. The van der Waals surface area contributed by atoms with Gasteiger partial charge in [0.1, 0.15) is 28.8 Å². The SMILES string of the molecule is CC12CCC1N(Sc1c(Cl)c(C(=O)Nc3cc(F)nc(C#N)c3)n3c1C=CCC3)CC2(O)c1cc(-c2ccccc2)on1. The number of hydrogen-bond acceptors (Lipinski definition) is 8. The Morgan fingerprint density at radius 2 is 2.12 bits per heavy atom. The highest BCUT2D eigenvalue weighted by molar-refractivity contribution is 7.97. The number of aliphatic hydroxyl groups is 1. The largest absolute Gasteiger partial charge is 0.381 e. The van der Waals surface area contributed by atoms with E-state index in [2.05, 4.69) is 26.7 Å². The van der Waals surface area contributed by atoms with Crippen LogP contribution in [0, 0.1) is 22.7 Å². The summed E-state index contributed by atoms with van der Waals surface area (Å²) in [4.78, 5) is 17.7. The molecule has 12 heteroatoms. The number of pyridine rings is 1. The summed E-state index contributed by atoms with van der Waals surface area (Å²) < 4.78 is 23.6. The van der Waals surface area contributed by atoms with Gasteiger partial charge in [0, 0.05) is 47.9 Å². The number of nitrogens with zero attached hydrogens (tertiary/aromatic N) is 5. The molecule has 5 heterocycles. The number of hydrogen-bond donors (Lipinski definition) is 2. The molecule has 0 radical (unpaired) electrons. The van der Waals surface area contributed by atoms with Gasteiger partial charge in [-0.3, -0.25) is 4.79 Å². The van der Waals surface area contributed by atoms with Gasteiger partial charge in [-0.05, 0) is 43.4 Å². The first kappa shape index (κ1) is 27.9. The van der Waals surface area contributed by atoms with Crippen molar-refractivity contribution in [2.24, 2.45) is 5.41 Å². The Morgan fingerprint density at radius 1 is 1.30 bits per heavy atom. The predicted octanol–water partition coefficient (Wildman–Crippen LogP) is 6.25. The van der Waals surface area contributed by atoms with E-state index in [0.717, 1.165) is 30.2 Å². The highest BCUT2D eigenvalue weighted by Gasteiger charge is 2.67. The molecule has 9 nitrogen and oxygen atoms in total. The van der Waals surface area contributed by atoms with Gasteiger partial charge < -0.3 is 19.5 Å². The molecule has 1 amide bonds. The first-order valence-corrected chi connectivity index (χ1v) is 15.0. The van der Waals surface area contributed by atoms with Gasteiger partial charge in [-0.2, -0.15) is 9.65 Å². The third kappa shape index (κ3) is 4.40. The summed E-state index contributed by atoms with van der Waals surface area (Å²) in [6.45, 7) is 2.91. The predicted molar refractivity (Wildman–Crippen MR) is 159 cm³/mol. The molecule has 218 valence electrons. The number of nitrogens with one attached hydrogen (secondary N) is 1. The summed E-state index contributed by atoms with van der Waals surface area (Å²) in [5.74, 6) is -0.800. The van der Waals surface area contributed by atoms with Crippen LogP contribution in [0.15, 0.2) is 64.0 Å². The van der Waals surface area contributed by atoms with E-state index < -0.39 is 22.9 Å². The van der Waals surface area contributed by atoms with Crippen LogP contribution in [0.2, 0.25) is 5.02 Å². The van der Waals surface area contributed by atoms with Gasteiger partial charge >= 0.3 is 0 Å². The summed E-state index contributed by atoms with van der Waals surface area (Å²) >= 11 is 8.38. The topological polar surface area (TPSA) is 120 Å². The number of anilines is 1. The second-order valence-corrected chi connectivity index (χ2v) is 12.7. The molecular weight excluding hydrogens is 591 g/mol. The first-order chi connectivity index (χ1) is 20.7. The maximum absolute atomic E-state index is 13.9. The van der Waals surface area contributed by atoms with Crippen LogP contribution in [0.25, 0.3) is 17.4 Å². The van der Waals surface area contributed by atoms with Crippen LogP contribution in [0.1, 0.15) is 53.8 Å². The van der Waals surface area contributed by atoms with Gasteiger partial charge in [0.2, 0.25) is 5.95 Å². The number of nitriles is 1. The van der Waals surface area contributed by atoms with Crippen LogP contribution < -0.4 is 5.32 Å². The Labute approximate surface area is 256 Å². The van der Waals surface area contributed by atoms with Crippen LogP contribution in [-0.4, -0.2) is 42.6 Å². The van der Waals surface area contributed by atoms with Crippen molar-refractivity contribution in [2.75, 3.05) is 11.9 Å². The van der Waals surface area contributed by atoms with Gasteiger partial charge in [-0.15, -0.1) is 0 Å². The van der Waals surface area contributed by atoms with E-state index in [9.17, 15) is 14.3 Å². The molecular formula is C31H26ClFN6O3S. The maximum Gasteiger partial charge on any atom is 0.273 e. The minimum atomic E-state index is -1.26. The normalized spacial score (nSPS) is 24.2. The number of carbonyl (C=O) groups excluding carboxylic acids is 1. The van der Waals surface area contributed by atoms with Crippen molar-refractivity contribution in [1.82, 2.24) is 19.0 Å². The van der Waals surface area contributed by atoms with Crippen molar-refractivity contribution in [3.8, 4) is 17.4 Å². The van der Waals surface area contributed by atoms with Crippen molar-refractivity contribution >= 4 is 41.2 Å². The fourth-order valence-electron chi connectivity index (χ4n) is 6.47. The Balaban J connectivity index is 1.20. The van der Waals surface area contributed by atoms with Crippen LogP contribution in [-0.2, 0) is 12.1 Å². The van der Waals surface area contributed by atoms with E-state index in [1.165, 1.54) is 18.0 Å². The fraction of sp³-hybridized carbons (Fsp3) is 0.290. The number of fused-ring (bicyclic) bond motifs is 2. The van der Waals surface area contributed by atoms with Crippen molar-refractivity contribution in [2.45, 2.75) is 49.3 Å². The number of β-amino-alcohol motifs (C(OH)–C–C–N with tert-alkyl or cyclic N) is 1. The third-order valence-corrected chi connectivity index (χ3v) is 10.6. The number of amides is 1. The molecule has 3 atom stereocenters. The quantitative estimate of drug-likeness (QED) is 0.193. The minimum absolute atomic E-state index is 0.0417. The highest BCUT2D eigenvalue weighted by atomic mass is 35.5. The lowest BCUT2D eigenvalue weighted by molar-refractivity contribution is -0.0963. The molecule has 1 saturated heterocycles. The van der Waals surface area contributed by atoms with Crippen molar-refractivity contribution < 1.29 is 18.8 Å². The van der Waals surface area contributed by atoms with Gasteiger partial charge in [0.25, 0.3) is 5.91 Å². The van der Waals surface area contributed by atoms with E-state index >= 15 is 0 Å². The van der Waals surface area contributed by atoms with Gasteiger partial charge in [0.05, 0.1) is 15.6 Å². The van der Waals surface area contributed by atoms with Crippen molar-refractivity contribution in [3.05, 3.63) is 88.4 Å². The summed E-state index contributed by atoms with van der Waals surface area (Å²) in [6.07, 6.45) is 6.40. The van der Waals surface area contributed by atoms with Crippen LogP contribution in [0.3, 0.4) is 0 Å². The lowest BCUT2D eigenvalue weighted by atomic mass is 9.58. The molecule has 7 rings (SSSR count). The average molecular weight is 617 g/mol. The van der Waals surface area contributed by atoms with Crippen molar-refractivity contribution in [3.63, 3.8) is 0 Å². The monoisotopic (exact) mass is 616 g/mol. The molecule has 2 N–H and O–H groups in total. The maximum atomic E-state index is 13.9. The molecule has 1 aromatic carbocycles. The summed E-state index contributed by atoms with van der Waals surface area (Å²) in [5, 5.41) is 28.6. The summed E-state index contributed by atoms with van der Waals surface area (Å²) in [6, 6.07) is 15.7. The molecule has 1 aliphatic carbocycles. The molecule has 43 heavy (non-hydrogen) atoms. The smallest absolute Gasteiger partial charge is 0.273 e. The number of allylic oxidation sites excluding steroid dienone is 1. The number of halogens is 2. The van der Waals surface area contributed by atoms with E-state index in [4.69, 9.17) is 21.4 Å². The molecule has 0 bridgehead atoms. The number of benzene rings is 1. The zero-order valence-electron chi connectivity index (χ0n) is 23.1. The molecule has 4 aromatic rings. The average Bonchev–Trinajstić information content (AvgIpc) is 3.63. The van der Waals surface area contributed by atoms with E-state index in [1.807, 2.05) is 53.1 Å². The summed E-state index contributed by atoms with van der Waals surface area (Å²) in [5.41, 5.74) is 0.649. The van der Waals surface area contributed by atoms with Crippen LogP contribution in [0.4, 0.5) is 10.1 Å². The Morgan fingerprint density at radius 3 is 2.86 bits per heavy atom. The molecule has 0 spiro atoms. The fourth-order valence-corrected chi connectivity index (χ4v) is 8.25. The Kier molecular flexibility index (Phi) is 6.70. The summed E-state index contributed by atoms with van der Waals surface area (Å²) in [7, 11) is 0. The van der Waals surface area contributed by atoms with Gasteiger partial charge in [0.15, 0.2) is 5.76 Å². The molecule has 3 aromatic heterocycles. The number of rotatable bonds is 6. The zero-order chi connectivity index (χ0) is 29.9. The van der Waals surface area contributed by atoms with E-state index in [-0.39, 0.29) is 28.1 Å². The highest BCUT2D eigenvalue weighted by Crippen LogP contribution is 2.63. The second kappa shape index (κ2) is 10.3. The third-order valence-electron chi connectivity index (χ3n) is 8.93. The van der Waals surface area contributed by atoms with Gasteiger partial charge in [-0.1, -0.05) is 60.1 Å². The van der Waals surface area contributed by atoms with Gasteiger partial charge in [-0.25, -0.2) is 9.29 Å². The minimum Gasteiger partial charge on any atom is -0.381 e. The van der Waals surface area contributed by atoms with E-state index in [0.29, 0.717) is 35.9 Å². The Bertz CT molecular complexity index is 1830. The second-order valence-electron chi connectivity index (χ2n) is 11.3. The lowest BCUT2D eigenvalue weighted by Crippen LogP contribution is -2.53. The molecule has 2 fully saturated rings. The zero-order valence-corrected chi connectivity index (χ0v) is 24.6. The Hall–Kier alpha value is -3.95. The molecule has 1 saturated carbocycles. The first-order valence-electron chi connectivity index (χ1n) is 13.9.